The maximum Gasteiger partial charge on any atom is 0.128 e. The van der Waals surface area contributed by atoms with Gasteiger partial charge in [0.15, 0.2) is 0 Å². The smallest absolute Gasteiger partial charge is 0.128 e. The Morgan fingerprint density at radius 3 is 2.72 bits per heavy atom. The summed E-state index contributed by atoms with van der Waals surface area (Å²) in [7, 11) is 0. The number of nitrogens with one attached hydrogen (secondary N) is 1. The van der Waals surface area contributed by atoms with Crippen molar-refractivity contribution in [1.29, 1.82) is 0 Å². The van der Waals surface area contributed by atoms with Crippen LogP contribution in [0, 0.1) is 18.6 Å². The van der Waals surface area contributed by atoms with Crippen molar-refractivity contribution in [2.75, 3.05) is 0 Å². The predicted octanol–water partition coefficient (Wildman–Crippen LogP) is 3.72. The number of hydrogen-bond acceptors (Lipinski definition) is 2. The van der Waals surface area contributed by atoms with E-state index in [9.17, 15) is 8.78 Å². The van der Waals surface area contributed by atoms with Crippen LogP contribution < -0.4 is 5.32 Å². The third kappa shape index (κ3) is 2.76. The molecule has 1 aromatic heterocycles. The van der Waals surface area contributed by atoms with E-state index in [4.69, 9.17) is 4.42 Å². The van der Waals surface area contributed by atoms with Gasteiger partial charge in [0.1, 0.15) is 11.6 Å². The van der Waals surface area contributed by atoms with Crippen LogP contribution in [0.1, 0.15) is 29.7 Å². The van der Waals surface area contributed by atoms with E-state index in [0.717, 1.165) is 5.56 Å². The molecule has 0 aliphatic carbocycles. The quantitative estimate of drug-likeness (QED) is 0.896. The summed E-state index contributed by atoms with van der Waals surface area (Å²) in [5.41, 5.74) is 1.62. The molecule has 1 heterocycles. The topological polar surface area (TPSA) is 25.2 Å². The molecule has 0 bridgehead atoms. The minimum absolute atomic E-state index is 0.269. The van der Waals surface area contributed by atoms with Gasteiger partial charge >= 0.3 is 0 Å². The van der Waals surface area contributed by atoms with Crippen molar-refractivity contribution in [2.24, 2.45) is 0 Å². The summed E-state index contributed by atoms with van der Waals surface area (Å²) in [6.07, 6.45) is 3.19. The van der Waals surface area contributed by atoms with Crippen LogP contribution in [0.25, 0.3) is 0 Å². The summed E-state index contributed by atoms with van der Waals surface area (Å²) in [5, 5.41) is 3.12. The molecule has 1 aromatic carbocycles. The molecule has 1 unspecified atom stereocenters. The van der Waals surface area contributed by atoms with Gasteiger partial charge in [-0.15, -0.1) is 0 Å². The van der Waals surface area contributed by atoms with E-state index in [2.05, 4.69) is 5.32 Å². The number of furan rings is 1. The van der Waals surface area contributed by atoms with Crippen molar-refractivity contribution in [3.05, 3.63) is 59.1 Å². The molecule has 4 heteroatoms. The minimum Gasteiger partial charge on any atom is -0.472 e. The maximum absolute atomic E-state index is 13.7. The lowest BCUT2D eigenvalue weighted by atomic mass is 10.0. The average Bonchev–Trinajstić information content (AvgIpc) is 2.84. The molecule has 96 valence electrons. The van der Waals surface area contributed by atoms with E-state index in [-0.39, 0.29) is 17.7 Å². The minimum atomic E-state index is -0.388. The third-order valence-electron chi connectivity index (χ3n) is 2.94. The van der Waals surface area contributed by atoms with Crippen molar-refractivity contribution < 1.29 is 13.2 Å². The molecule has 0 amide bonds. The fourth-order valence-electron chi connectivity index (χ4n) is 1.77. The number of benzene rings is 1. The molecule has 1 N–H and O–H groups in total. The number of halogens is 2. The fourth-order valence-corrected chi connectivity index (χ4v) is 1.77. The van der Waals surface area contributed by atoms with E-state index < -0.39 is 0 Å². The molecule has 2 nitrogen and oxygen atoms in total. The Kier molecular flexibility index (Phi) is 3.77. The predicted molar refractivity (Wildman–Crippen MR) is 65.1 cm³/mol. The summed E-state index contributed by atoms with van der Waals surface area (Å²) >= 11 is 0. The van der Waals surface area contributed by atoms with Gasteiger partial charge in [-0.3, -0.25) is 0 Å². The lowest BCUT2D eigenvalue weighted by Crippen LogP contribution is -2.19. The SMILES string of the molecule is Cc1cc(F)c(C(C)NCc2ccoc2)cc1F. The number of aryl methyl sites for hydroxylation is 1. The van der Waals surface area contributed by atoms with Crippen molar-refractivity contribution in [3.8, 4) is 0 Å². The summed E-state index contributed by atoms with van der Waals surface area (Å²) in [6.45, 7) is 3.89. The summed E-state index contributed by atoms with van der Waals surface area (Å²) < 4.78 is 32.1. The highest BCUT2D eigenvalue weighted by molar-refractivity contribution is 5.27. The highest BCUT2D eigenvalue weighted by Crippen LogP contribution is 2.20. The molecule has 0 radical (unpaired) electrons. The molecule has 0 aliphatic rings. The Morgan fingerprint density at radius 2 is 2.06 bits per heavy atom. The lowest BCUT2D eigenvalue weighted by molar-refractivity contribution is 0.512. The van der Waals surface area contributed by atoms with Crippen LogP contribution in [0.4, 0.5) is 8.78 Å². The second-order valence-corrected chi connectivity index (χ2v) is 4.36. The Hall–Kier alpha value is -1.68. The largest absolute Gasteiger partial charge is 0.472 e. The van der Waals surface area contributed by atoms with Crippen LogP contribution in [0.2, 0.25) is 0 Å². The van der Waals surface area contributed by atoms with Crippen molar-refractivity contribution in [2.45, 2.75) is 26.4 Å². The average molecular weight is 251 g/mol. The zero-order valence-corrected chi connectivity index (χ0v) is 10.3. The first-order valence-corrected chi connectivity index (χ1v) is 5.78. The summed E-state index contributed by atoms with van der Waals surface area (Å²) in [5.74, 6) is -0.774. The molecule has 1 atom stereocenters. The lowest BCUT2D eigenvalue weighted by Gasteiger charge is -2.15. The van der Waals surface area contributed by atoms with Gasteiger partial charge in [0.25, 0.3) is 0 Å². The Bertz CT molecular complexity index is 523. The van der Waals surface area contributed by atoms with Crippen molar-refractivity contribution in [3.63, 3.8) is 0 Å². The van der Waals surface area contributed by atoms with Gasteiger partial charge < -0.3 is 9.73 Å². The molecule has 0 fully saturated rings. The first kappa shape index (κ1) is 12.8. The van der Waals surface area contributed by atoms with Gasteiger partial charge in [0.2, 0.25) is 0 Å². The Morgan fingerprint density at radius 1 is 1.28 bits per heavy atom. The molecule has 0 saturated carbocycles. The van der Waals surface area contributed by atoms with Crippen LogP contribution >= 0.6 is 0 Å². The molecule has 2 rings (SSSR count). The molecule has 0 saturated heterocycles. The van der Waals surface area contributed by atoms with Gasteiger partial charge in [-0.25, -0.2) is 8.78 Å². The van der Waals surface area contributed by atoms with Crippen LogP contribution in [0.5, 0.6) is 0 Å². The molecular weight excluding hydrogens is 236 g/mol. The van der Waals surface area contributed by atoms with Crippen LogP contribution in [-0.4, -0.2) is 0 Å². The fraction of sp³-hybridized carbons (Fsp3) is 0.286. The van der Waals surface area contributed by atoms with E-state index in [1.165, 1.54) is 12.1 Å². The molecule has 0 aliphatic heterocycles. The van der Waals surface area contributed by atoms with E-state index >= 15 is 0 Å². The van der Waals surface area contributed by atoms with Crippen LogP contribution in [0.3, 0.4) is 0 Å². The zero-order valence-electron chi connectivity index (χ0n) is 10.3. The number of rotatable bonds is 4. The monoisotopic (exact) mass is 251 g/mol. The van der Waals surface area contributed by atoms with E-state index in [1.54, 1.807) is 26.4 Å². The highest BCUT2D eigenvalue weighted by atomic mass is 19.1. The Labute approximate surface area is 105 Å². The molecular formula is C14H15F2NO. The second kappa shape index (κ2) is 5.31. The summed E-state index contributed by atoms with van der Waals surface area (Å²) in [6, 6.07) is 4.03. The second-order valence-electron chi connectivity index (χ2n) is 4.36. The van der Waals surface area contributed by atoms with Crippen LogP contribution in [0.15, 0.2) is 35.1 Å². The third-order valence-corrected chi connectivity index (χ3v) is 2.94. The van der Waals surface area contributed by atoms with Gasteiger partial charge in [-0.05, 0) is 37.6 Å². The van der Waals surface area contributed by atoms with E-state index in [0.29, 0.717) is 17.7 Å². The molecule has 18 heavy (non-hydrogen) atoms. The first-order chi connectivity index (χ1) is 8.58. The zero-order chi connectivity index (χ0) is 13.1. The highest BCUT2D eigenvalue weighted by Gasteiger charge is 2.13. The number of hydrogen-bond donors (Lipinski definition) is 1. The van der Waals surface area contributed by atoms with Crippen LogP contribution in [-0.2, 0) is 6.54 Å². The standard InChI is InChI=1S/C14H15F2NO/c1-9-5-14(16)12(6-13(9)15)10(2)17-7-11-3-4-18-8-11/h3-6,8,10,17H,7H2,1-2H3. The van der Waals surface area contributed by atoms with Crippen molar-refractivity contribution >= 4 is 0 Å². The first-order valence-electron chi connectivity index (χ1n) is 5.78. The normalized spacial score (nSPS) is 12.7. The van der Waals surface area contributed by atoms with Gasteiger partial charge in [-0.2, -0.15) is 0 Å². The Balaban J connectivity index is 2.09. The van der Waals surface area contributed by atoms with Gasteiger partial charge in [0, 0.05) is 23.7 Å². The van der Waals surface area contributed by atoms with Crippen molar-refractivity contribution in [1.82, 2.24) is 5.32 Å². The maximum atomic E-state index is 13.7. The van der Waals surface area contributed by atoms with Gasteiger partial charge in [-0.1, -0.05) is 0 Å². The van der Waals surface area contributed by atoms with E-state index in [1.807, 2.05) is 6.07 Å². The van der Waals surface area contributed by atoms with Gasteiger partial charge in [0.05, 0.1) is 12.5 Å². The molecule has 2 aromatic rings. The summed E-state index contributed by atoms with van der Waals surface area (Å²) in [4.78, 5) is 0. The molecule has 0 spiro atoms.